The Morgan fingerprint density at radius 2 is 1.68 bits per heavy atom. The number of carbonyl (C=O) groups excluding carboxylic acids is 5. The predicted octanol–water partition coefficient (Wildman–Crippen LogP) is 3.29. The van der Waals surface area contributed by atoms with Crippen LogP contribution in [0.2, 0.25) is 0 Å². The molecule has 3 aliphatic rings. The smallest absolute Gasteiger partial charge is 0.190 e. The van der Waals surface area contributed by atoms with Gasteiger partial charge in [-0.1, -0.05) is 44.2 Å². The van der Waals surface area contributed by atoms with Crippen LogP contribution in [0.1, 0.15) is 48.7 Å². The molecule has 0 heterocycles. The molecule has 0 saturated heterocycles. The van der Waals surface area contributed by atoms with E-state index in [1.165, 1.54) is 6.07 Å². The van der Waals surface area contributed by atoms with E-state index >= 15 is 0 Å². The van der Waals surface area contributed by atoms with Crippen LogP contribution in [0.5, 0.6) is 5.75 Å². The molecule has 0 radical (unpaired) electrons. The fraction of sp³-hybridized carbons (Fsp3) is 0.433. The Morgan fingerprint density at radius 3 is 2.30 bits per heavy atom. The summed E-state index contributed by atoms with van der Waals surface area (Å²) < 4.78 is 0. The highest BCUT2D eigenvalue weighted by molar-refractivity contribution is 6.32. The lowest BCUT2D eigenvalue weighted by Gasteiger charge is -2.52. The van der Waals surface area contributed by atoms with Crippen molar-refractivity contribution in [1.82, 2.24) is 0 Å². The van der Waals surface area contributed by atoms with Gasteiger partial charge in [-0.25, -0.2) is 0 Å². The highest BCUT2D eigenvalue weighted by atomic mass is 16.3. The number of hydrogen-bond acceptors (Lipinski definition) is 7. The number of aryl methyl sites for hydroxylation is 1. The summed E-state index contributed by atoms with van der Waals surface area (Å²) in [6, 6.07) is 10.9. The lowest BCUT2D eigenvalue weighted by atomic mass is 9.49. The number of hydrogen-bond donors (Lipinski definition) is 2. The van der Waals surface area contributed by atoms with E-state index in [0.29, 0.717) is 5.56 Å². The number of phenols is 1. The Bertz CT molecular complexity index is 1390. The zero-order valence-electron chi connectivity index (χ0n) is 21.3. The highest BCUT2D eigenvalue weighted by Gasteiger charge is 2.68. The van der Waals surface area contributed by atoms with Crippen molar-refractivity contribution in [1.29, 1.82) is 0 Å². The van der Waals surface area contributed by atoms with Crippen LogP contribution in [0.15, 0.2) is 36.4 Å². The van der Waals surface area contributed by atoms with Gasteiger partial charge in [0, 0.05) is 11.8 Å². The molecule has 0 aromatic heterocycles. The molecule has 0 aliphatic heterocycles. The van der Waals surface area contributed by atoms with Crippen molar-refractivity contribution in [2.75, 3.05) is 0 Å². The van der Waals surface area contributed by atoms with Crippen molar-refractivity contribution in [3.63, 3.8) is 0 Å². The van der Waals surface area contributed by atoms with Gasteiger partial charge in [0.1, 0.15) is 17.5 Å². The van der Waals surface area contributed by atoms with Crippen molar-refractivity contribution in [3.05, 3.63) is 53.1 Å². The Balaban J connectivity index is 1.67. The van der Waals surface area contributed by atoms with E-state index in [-0.39, 0.29) is 30.1 Å². The lowest BCUT2D eigenvalue weighted by Crippen LogP contribution is -2.70. The van der Waals surface area contributed by atoms with Crippen LogP contribution in [0.3, 0.4) is 0 Å². The standard InChI is InChI=1S/C30H30O7/c1-13(2)22-20-12-16-11-19-18(17-8-6-5-7-14(17)3)9-10-21(32)25(19)27(34)24(16)29(36)30(20,37)28(35)23(15(4)31)26(22)33/h5-10,13,16,20,22-24,32,37H,11-12H2,1-4H3. The van der Waals surface area contributed by atoms with Crippen LogP contribution in [-0.4, -0.2) is 44.7 Å². The number of Topliss-reactive ketones (excluding diaryl/α,β-unsaturated/α-hetero) is 5. The van der Waals surface area contributed by atoms with Gasteiger partial charge in [-0.05, 0) is 66.8 Å². The maximum atomic E-state index is 13.9. The van der Waals surface area contributed by atoms with E-state index in [1.54, 1.807) is 19.9 Å². The van der Waals surface area contributed by atoms with Gasteiger partial charge in [0.25, 0.3) is 0 Å². The summed E-state index contributed by atoms with van der Waals surface area (Å²) in [5.41, 5.74) is 0.708. The van der Waals surface area contributed by atoms with E-state index in [2.05, 4.69) is 0 Å². The molecule has 2 fully saturated rings. The van der Waals surface area contributed by atoms with Crippen LogP contribution in [0.25, 0.3) is 11.1 Å². The molecular formula is C30H30O7. The summed E-state index contributed by atoms with van der Waals surface area (Å²) in [6.07, 6.45) is 0.372. The summed E-state index contributed by atoms with van der Waals surface area (Å²) in [7, 11) is 0. The number of benzene rings is 2. The van der Waals surface area contributed by atoms with E-state index in [9.17, 15) is 34.2 Å². The van der Waals surface area contributed by atoms with E-state index in [4.69, 9.17) is 0 Å². The number of rotatable bonds is 3. The normalized spacial score (nSPS) is 31.1. The largest absolute Gasteiger partial charge is 0.507 e. The van der Waals surface area contributed by atoms with Gasteiger partial charge in [-0.3, -0.25) is 24.0 Å². The molecule has 6 atom stereocenters. The molecule has 0 spiro atoms. The Kier molecular flexibility index (Phi) is 5.83. The summed E-state index contributed by atoms with van der Waals surface area (Å²) in [6.45, 7) is 6.58. The third-order valence-electron chi connectivity index (χ3n) is 8.75. The topological polar surface area (TPSA) is 126 Å². The van der Waals surface area contributed by atoms with Gasteiger partial charge < -0.3 is 10.2 Å². The minimum Gasteiger partial charge on any atom is -0.507 e. The first-order valence-electron chi connectivity index (χ1n) is 12.7. The molecule has 0 amide bonds. The van der Waals surface area contributed by atoms with Crippen LogP contribution in [-0.2, 0) is 25.6 Å². The molecule has 2 N–H and O–H groups in total. The van der Waals surface area contributed by atoms with Gasteiger partial charge in [-0.2, -0.15) is 0 Å². The molecule has 2 saturated carbocycles. The Morgan fingerprint density at radius 1 is 1.00 bits per heavy atom. The molecule has 2 aromatic rings. The number of aliphatic hydroxyl groups is 1. The zero-order valence-corrected chi connectivity index (χ0v) is 21.3. The van der Waals surface area contributed by atoms with Gasteiger partial charge in [0.05, 0.1) is 11.5 Å². The summed E-state index contributed by atoms with van der Waals surface area (Å²) in [4.78, 5) is 66.8. The van der Waals surface area contributed by atoms with E-state index < -0.39 is 64.1 Å². The maximum Gasteiger partial charge on any atom is 0.190 e. The Labute approximate surface area is 214 Å². The SMILES string of the molecule is CC(=O)C1C(=O)C(C(C)C)C2CC3Cc4c(-c5ccccc5C)ccc(O)c4C(=O)C3C(=O)C2(O)C1=O. The first kappa shape index (κ1) is 25.2. The van der Waals surface area contributed by atoms with Crippen LogP contribution < -0.4 is 0 Å². The number of ketones is 5. The average molecular weight is 503 g/mol. The molecular weight excluding hydrogens is 472 g/mol. The van der Waals surface area contributed by atoms with Crippen molar-refractivity contribution < 1.29 is 34.2 Å². The zero-order chi connectivity index (χ0) is 27.0. The number of carbonyl (C=O) groups is 5. The van der Waals surface area contributed by atoms with Crippen LogP contribution in [0, 0.1) is 42.4 Å². The summed E-state index contributed by atoms with van der Waals surface area (Å²) >= 11 is 0. The number of aromatic hydroxyl groups is 1. The maximum absolute atomic E-state index is 13.9. The van der Waals surface area contributed by atoms with Gasteiger partial charge in [-0.15, -0.1) is 0 Å². The fourth-order valence-corrected chi connectivity index (χ4v) is 7.10. The van der Waals surface area contributed by atoms with Gasteiger partial charge in [0.2, 0.25) is 0 Å². The van der Waals surface area contributed by atoms with Gasteiger partial charge >= 0.3 is 0 Å². The third-order valence-corrected chi connectivity index (χ3v) is 8.75. The third kappa shape index (κ3) is 3.40. The average Bonchev–Trinajstić information content (AvgIpc) is 2.82. The van der Waals surface area contributed by atoms with Crippen molar-refractivity contribution in [2.45, 2.75) is 46.1 Å². The van der Waals surface area contributed by atoms with Crippen molar-refractivity contribution in [3.8, 4) is 16.9 Å². The minimum absolute atomic E-state index is 0.0280. The second kappa shape index (κ2) is 8.55. The van der Waals surface area contributed by atoms with Crippen LogP contribution >= 0.6 is 0 Å². The molecule has 7 nitrogen and oxygen atoms in total. The molecule has 37 heavy (non-hydrogen) atoms. The number of phenolic OH excluding ortho intramolecular Hbond substituents is 1. The molecule has 0 bridgehead atoms. The predicted molar refractivity (Wildman–Crippen MR) is 134 cm³/mol. The van der Waals surface area contributed by atoms with Crippen molar-refractivity contribution >= 4 is 28.9 Å². The van der Waals surface area contributed by atoms with Crippen molar-refractivity contribution in [2.24, 2.45) is 35.5 Å². The van der Waals surface area contributed by atoms with Gasteiger partial charge in [0.15, 0.2) is 28.7 Å². The molecule has 5 rings (SSSR count). The lowest BCUT2D eigenvalue weighted by molar-refractivity contribution is -0.182. The van der Waals surface area contributed by atoms with E-state index in [0.717, 1.165) is 23.6 Å². The minimum atomic E-state index is -2.60. The second-order valence-electron chi connectivity index (χ2n) is 11.2. The molecule has 7 heteroatoms. The highest BCUT2D eigenvalue weighted by Crippen LogP contribution is 2.53. The first-order chi connectivity index (χ1) is 17.4. The molecule has 2 aromatic carbocycles. The summed E-state index contributed by atoms with van der Waals surface area (Å²) in [5, 5.41) is 22.4. The quantitative estimate of drug-likeness (QED) is 0.617. The fourth-order valence-electron chi connectivity index (χ4n) is 7.10. The summed E-state index contributed by atoms with van der Waals surface area (Å²) in [5.74, 6) is -10.1. The molecule has 3 aliphatic carbocycles. The monoisotopic (exact) mass is 502 g/mol. The number of fused-ring (bicyclic) bond motifs is 3. The van der Waals surface area contributed by atoms with Crippen LogP contribution in [0.4, 0.5) is 0 Å². The molecule has 6 unspecified atom stereocenters. The van der Waals surface area contributed by atoms with E-state index in [1.807, 2.05) is 31.2 Å². The first-order valence-corrected chi connectivity index (χ1v) is 12.7. The second-order valence-corrected chi connectivity index (χ2v) is 11.2. The Hall–Kier alpha value is -3.45. The molecule has 192 valence electrons.